The van der Waals surface area contributed by atoms with Gasteiger partial charge in [-0.05, 0) is 12.5 Å². The van der Waals surface area contributed by atoms with Crippen molar-refractivity contribution in [3.05, 3.63) is 89.3 Å². The van der Waals surface area contributed by atoms with E-state index in [0.717, 1.165) is 36.5 Å². The summed E-state index contributed by atoms with van der Waals surface area (Å²) >= 11 is 0. The van der Waals surface area contributed by atoms with Gasteiger partial charge in [0.2, 0.25) is 11.7 Å². The molecule has 6 nitrogen and oxygen atoms in total. The molecule has 0 radical (unpaired) electrons. The van der Waals surface area contributed by atoms with E-state index in [1.165, 1.54) is 11.1 Å². The number of nitrogens with one attached hydrogen (secondary N) is 1. The Balaban J connectivity index is 1.46. The van der Waals surface area contributed by atoms with E-state index < -0.39 is 0 Å². The Morgan fingerprint density at radius 3 is 2.75 bits per heavy atom. The number of aryl methyl sites for hydroxylation is 1. The molecular weight excluding hydrogens is 350 g/mol. The molecule has 5 rings (SSSR count). The first-order valence-corrected chi connectivity index (χ1v) is 9.46. The van der Waals surface area contributed by atoms with Crippen molar-refractivity contribution < 1.29 is 4.52 Å². The Labute approximate surface area is 163 Å². The Morgan fingerprint density at radius 1 is 1.11 bits per heavy atom. The molecule has 1 unspecified atom stereocenters. The zero-order valence-electron chi connectivity index (χ0n) is 15.7. The molecule has 1 aliphatic heterocycles. The first-order valence-electron chi connectivity index (χ1n) is 9.46. The molecule has 1 N–H and O–H groups in total. The van der Waals surface area contributed by atoms with Gasteiger partial charge in [-0.25, -0.2) is 4.98 Å². The monoisotopic (exact) mass is 371 g/mol. The van der Waals surface area contributed by atoms with Gasteiger partial charge < -0.3 is 9.51 Å². The summed E-state index contributed by atoms with van der Waals surface area (Å²) in [5.74, 6) is 1.27. The summed E-state index contributed by atoms with van der Waals surface area (Å²) in [7, 11) is 0. The summed E-state index contributed by atoms with van der Waals surface area (Å²) in [4.78, 5) is 14.8. The predicted molar refractivity (Wildman–Crippen MR) is 105 cm³/mol. The van der Waals surface area contributed by atoms with Crippen molar-refractivity contribution in [2.45, 2.75) is 32.5 Å². The molecule has 28 heavy (non-hydrogen) atoms. The summed E-state index contributed by atoms with van der Waals surface area (Å²) in [5.41, 5.74) is 5.66. The highest BCUT2D eigenvalue weighted by molar-refractivity contribution is 5.54. The highest BCUT2D eigenvalue weighted by atomic mass is 16.5. The summed E-state index contributed by atoms with van der Waals surface area (Å²) in [6.45, 7) is 3.65. The number of nitrogens with zero attached hydrogens (tertiary/aromatic N) is 4. The normalized spacial score (nSPS) is 16.8. The lowest BCUT2D eigenvalue weighted by Crippen LogP contribution is -2.34. The van der Waals surface area contributed by atoms with Gasteiger partial charge in [0.1, 0.15) is 0 Å². The van der Waals surface area contributed by atoms with Crippen LogP contribution >= 0.6 is 0 Å². The third-order valence-electron chi connectivity index (χ3n) is 5.26. The van der Waals surface area contributed by atoms with E-state index in [2.05, 4.69) is 63.3 Å². The fraction of sp³-hybridized carbons (Fsp3) is 0.227. The van der Waals surface area contributed by atoms with Gasteiger partial charge in [-0.1, -0.05) is 65.3 Å². The molecule has 1 aliphatic rings. The van der Waals surface area contributed by atoms with E-state index in [1.54, 1.807) is 6.33 Å². The van der Waals surface area contributed by atoms with Crippen LogP contribution in [-0.2, 0) is 19.5 Å². The second-order valence-corrected chi connectivity index (χ2v) is 7.26. The smallest absolute Gasteiger partial charge is 0.244 e. The molecule has 0 amide bonds. The van der Waals surface area contributed by atoms with Gasteiger partial charge in [0.15, 0.2) is 0 Å². The van der Waals surface area contributed by atoms with Crippen molar-refractivity contribution in [1.82, 2.24) is 25.0 Å². The maximum Gasteiger partial charge on any atom is 0.244 e. The van der Waals surface area contributed by atoms with E-state index in [1.807, 2.05) is 18.2 Å². The fourth-order valence-corrected chi connectivity index (χ4v) is 3.71. The van der Waals surface area contributed by atoms with E-state index in [-0.39, 0.29) is 6.04 Å². The second kappa shape index (κ2) is 7.05. The Kier molecular flexibility index (Phi) is 4.25. The van der Waals surface area contributed by atoms with Crippen molar-refractivity contribution in [2.75, 3.05) is 0 Å². The lowest BCUT2D eigenvalue weighted by molar-refractivity contribution is 0.128. The van der Waals surface area contributed by atoms with Crippen molar-refractivity contribution in [1.29, 1.82) is 0 Å². The van der Waals surface area contributed by atoms with Gasteiger partial charge in [0, 0.05) is 25.1 Å². The molecule has 3 heterocycles. The van der Waals surface area contributed by atoms with Crippen LogP contribution in [0, 0.1) is 6.92 Å². The Hall–Kier alpha value is -3.25. The summed E-state index contributed by atoms with van der Waals surface area (Å²) in [6.07, 6.45) is 2.51. The molecule has 0 fully saturated rings. The summed E-state index contributed by atoms with van der Waals surface area (Å²) in [6, 6.07) is 18.6. The van der Waals surface area contributed by atoms with Gasteiger partial charge in [-0.15, -0.1) is 0 Å². The summed E-state index contributed by atoms with van der Waals surface area (Å²) < 4.78 is 5.71. The van der Waals surface area contributed by atoms with Gasteiger partial charge in [0.05, 0.1) is 23.8 Å². The lowest BCUT2D eigenvalue weighted by Gasteiger charge is -2.32. The molecule has 2 aromatic heterocycles. The summed E-state index contributed by atoms with van der Waals surface area (Å²) in [5, 5.41) is 4.24. The van der Waals surface area contributed by atoms with Crippen LogP contribution in [0.5, 0.6) is 0 Å². The Bertz CT molecular complexity index is 1070. The van der Waals surface area contributed by atoms with Crippen molar-refractivity contribution in [3.8, 4) is 11.4 Å². The van der Waals surface area contributed by atoms with E-state index in [0.29, 0.717) is 11.7 Å². The number of hydrogen-bond acceptors (Lipinski definition) is 5. The molecule has 0 aliphatic carbocycles. The highest BCUT2D eigenvalue weighted by Crippen LogP contribution is 2.33. The minimum atomic E-state index is 0.00250. The topological polar surface area (TPSA) is 70.8 Å². The zero-order valence-corrected chi connectivity index (χ0v) is 15.7. The number of fused-ring (bicyclic) bond motifs is 1. The molecule has 0 saturated heterocycles. The maximum atomic E-state index is 5.71. The van der Waals surface area contributed by atoms with E-state index in [9.17, 15) is 0 Å². The average molecular weight is 371 g/mol. The van der Waals surface area contributed by atoms with Crippen LogP contribution in [0.3, 0.4) is 0 Å². The third-order valence-corrected chi connectivity index (χ3v) is 5.26. The molecule has 4 aromatic rings. The second-order valence-electron chi connectivity index (χ2n) is 7.26. The van der Waals surface area contributed by atoms with Crippen LogP contribution in [-0.4, -0.2) is 25.0 Å². The van der Waals surface area contributed by atoms with Gasteiger partial charge >= 0.3 is 0 Å². The van der Waals surface area contributed by atoms with Gasteiger partial charge in [0.25, 0.3) is 0 Å². The van der Waals surface area contributed by atoms with Crippen LogP contribution in [0.15, 0.2) is 65.4 Å². The van der Waals surface area contributed by atoms with E-state index in [4.69, 9.17) is 9.51 Å². The molecule has 1 atom stereocenters. The van der Waals surface area contributed by atoms with Gasteiger partial charge in [-0.3, -0.25) is 4.90 Å². The fourth-order valence-electron chi connectivity index (χ4n) is 3.71. The van der Waals surface area contributed by atoms with Crippen LogP contribution in [0.1, 0.15) is 34.4 Å². The van der Waals surface area contributed by atoms with Crippen LogP contribution in [0.2, 0.25) is 0 Å². The number of H-pyrrole nitrogens is 1. The number of benzene rings is 2. The predicted octanol–water partition coefficient (Wildman–Crippen LogP) is 4.07. The molecular formula is C22H21N5O. The van der Waals surface area contributed by atoms with E-state index >= 15 is 0 Å². The third kappa shape index (κ3) is 3.23. The standard InChI is InChI=1S/C22H21N5O/c1-15-7-9-17(10-8-15)21-25-22(28-26-21)20-11-18-19(24-14-23-18)13-27(20)12-16-5-3-2-4-6-16/h2-10,14,20H,11-13H2,1H3,(H,23,24). The number of hydrogen-bond donors (Lipinski definition) is 1. The number of aromatic amines is 1. The average Bonchev–Trinajstić information content (AvgIpc) is 3.38. The van der Waals surface area contributed by atoms with Crippen LogP contribution < -0.4 is 0 Å². The minimum Gasteiger partial charge on any atom is -0.347 e. The van der Waals surface area contributed by atoms with Crippen molar-refractivity contribution in [2.24, 2.45) is 0 Å². The molecule has 0 spiro atoms. The lowest BCUT2D eigenvalue weighted by atomic mass is 10.0. The number of aromatic nitrogens is 4. The molecule has 140 valence electrons. The highest BCUT2D eigenvalue weighted by Gasteiger charge is 2.33. The quantitative estimate of drug-likeness (QED) is 0.586. The van der Waals surface area contributed by atoms with Crippen molar-refractivity contribution >= 4 is 0 Å². The largest absolute Gasteiger partial charge is 0.347 e. The SMILES string of the molecule is Cc1ccc(-c2noc(C3Cc4nc[nH]c4CN3Cc3ccccc3)n2)cc1. The number of imidazole rings is 1. The van der Waals surface area contributed by atoms with Crippen molar-refractivity contribution in [3.63, 3.8) is 0 Å². The minimum absolute atomic E-state index is 0.00250. The first kappa shape index (κ1) is 16.9. The first-order chi connectivity index (χ1) is 13.8. The molecule has 2 aromatic carbocycles. The molecule has 6 heteroatoms. The Morgan fingerprint density at radius 2 is 1.93 bits per heavy atom. The maximum absolute atomic E-state index is 5.71. The zero-order chi connectivity index (χ0) is 18.9. The molecule has 0 saturated carbocycles. The van der Waals surface area contributed by atoms with Crippen LogP contribution in [0.4, 0.5) is 0 Å². The number of rotatable bonds is 4. The molecule has 0 bridgehead atoms. The van der Waals surface area contributed by atoms with Gasteiger partial charge in [-0.2, -0.15) is 4.98 Å². The van der Waals surface area contributed by atoms with Crippen LogP contribution in [0.25, 0.3) is 11.4 Å².